The minimum absolute atomic E-state index is 0. The summed E-state index contributed by atoms with van der Waals surface area (Å²) in [6.45, 7) is 67.9. The van der Waals surface area contributed by atoms with Gasteiger partial charge in [-0.05, 0) is 65.7 Å². The third kappa shape index (κ3) is 11.8. The third-order valence-electron chi connectivity index (χ3n) is 10.1. The molecule has 0 aromatic heterocycles. The normalized spacial score (nSPS) is 15.3. The van der Waals surface area contributed by atoms with E-state index < -0.39 is 28.5 Å². The summed E-state index contributed by atoms with van der Waals surface area (Å²) < 4.78 is 11.3. The van der Waals surface area contributed by atoms with Gasteiger partial charge in [0.15, 0.2) is 0 Å². The van der Waals surface area contributed by atoms with Crippen molar-refractivity contribution in [1.29, 1.82) is 0 Å². The maximum absolute atomic E-state index is 12.1. The van der Waals surface area contributed by atoms with Crippen LogP contribution in [0.4, 0.5) is 0 Å². The quantitative estimate of drug-likeness (QED) is 0.151. The Bertz CT molecular complexity index is 1090. The van der Waals surface area contributed by atoms with Gasteiger partial charge in [0, 0.05) is 0 Å². The minimum Gasteiger partial charge on any atom is -0.789 e. The van der Waals surface area contributed by atoms with E-state index in [9.17, 15) is 10.3 Å². The third-order valence-corrected chi connectivity index (χ3v) is 33.4. The van der Waals surface area contributed by atoms with Crippen LogP contribution in [0.1, 0.15) is 208 Å². The van der Waals surface area contributed by atoms with Gasteiger partial charge in [-0.2, -0.15) is 0 Å². The Morgan fingerprint density at radius 3 is 0.412 bits per heavy atom. The van der Waals surface area contributed by atoms with Gasteiger partial charge >= 0.3 is 21.7 Å². The summed E-state index contributed by atoms with van der Waals surface area (Å²) in [5.41, 5.74) is 0. The molecule has 51 heavy (non-hydrogen) atoms. The molecule has 0 aromatic rings. The van der Waals surface area contributed by atoms with E-state index in [0.29, 0.717) is 0 Å². The van der Waals surface area contributed by atoms with Gasteiger partial charge in [0.1, 0.15) is 0 Å². The Morgan fingerprint density at radius 2 is 0.353 bits per heavy atom. The fourth-order valence-electron chi connectivity index (χ4n) is 9.78. The molecule has 9 heteroatoms. The zero-order valence-corrected chi connectivity index (χ0v) is 46.2. The number of nitrogens with zero attached hydrogens (tertiary/aromatic N) is 4. The number of hydrogen-bond acceptors (Lipinski definition) is 0. The fraction of sp³-hybridized carbons (Fsp3) is 0.952. The van der Waals surface area contributed by atoms with Crippen LogP contribution in [-0.4, -0.2) is 51.6 Å². The van der Waals surface area contributed by atoms with Gasteiger partial charge in [-0.25, -0.2) is 0 Å². The molecule has 0 rings (SSSR count). The molecule has 0 saturated heterocycles. The molecule has 0 N–H and O–H groups in total. The molecule has 4 nitrogen and oxygen atoms in total. The molecule has 308 valence electrons. The summed E-state index contributed by atoms with van der Waals surface area (Å²) in [6.07, 6.45) is 0. The van der Waals surface area contributed by atoms with Crippen LogP contribution in [0.5, 0.6) is 0 Å². The molecule has 0 aliphatic heterocycles. The molecule has 0 aliphatic carbocycles. The first-order valence-electron chi connectivity index (χ1n) is 18.4. The molecule has 0 fully saturated rings. The summed E-state index contributed by atoms with van der Waals surface area (Å²) in [7, 11) is -9.02. The molecule has 0 aliphatic rings. The summed E-state index contributed by atoms with van der Waals surface area (Å²) in [5, 5.41) is 23.5. The van der Waals surface area contributed by atoms with Crippen molar-refractivity contribution in [3.8, 4) is 0 Å². The van der Waals surface area contributed by atoms with E-state index >= 15 is 0 Å². The Balaban J connectivity index is -0.000000261. The van der Waals surface area contributed by atoms with E-state index in [2.05, 4.69) is 208 Å². The second-order valence-corrected chi connectivity index (χ2v) is 44.2. The van der Waals surface area contributed by atoms with Crippen molar-refractivity contribution in [2.24, 2.45) is 9.03 Å². The second-order valence-electron chi connectivity index (χ2n) is 24.4. The average molecular weight is 829 g/mol. The summed E-state index contributed by atoms with van der Waals surface area (Å²) in [6, 6.07) is 0. The van der Waals surface area contributed by atoms with Crippen molar-refractivity contribution in [3.63, 3.8) is 0 Å². The largest absolute Gasteiger partial charge is 4.00 e. The first-order chi connectivity index (χ1) is 19.9. The maximum atomic E-state index is 12.1. The van der Waals surface area contributed by atoms with Crippen LogP contribution in [0.15, 0.2) is 9.03 Å². The van der Waals surface area contributed by atoms with Gasteiger partial charge in [-0.1, -0.05) is 208 Å². The topological polar surface area (TPSA) is 69.3 Å². The first-order valence-corrected chi connectivity index (χ1v) is 25.3. The van der Waals surface area contributed by atoms with Crippen LogP contribution in [0.2, 0.25) is 0 Å². The molecule has 0 amide bonds. The SMILES string of the molecule is CC(C)(C)P(=[N-])(N=P(C(C)(C)C)(C(C)(C)C)C(C)(C)C)C(C)(C)C.CC(C)(C)P(=[N-])(N=P(C(C)(C)C)(C(C)(C)C)C(C)(C)C)C(C)(C)C.[CH3-].[CH3-].[Ti+4]. The zero-order valence-electron chi connectivity index (χ0n) is 41.1. The van der Waals surface area contributed by atoms with Gasteiger partial charge in [-0.15, -0.1) is 14.4 Å². The van der Waals surface area contributed by atoms with Crippen LogP contribution >= 0.6 is 28.5 Å². The summed E-state index contributed by atoms with van der Waals surface area (Å²) in [4.78, 5) is 0. The van der Waals surface area contributed by atoms with E-state index in [1.54, 1.807) is 0 Å². The summed E-state index contributed by atoms with van der Waals surface area (Å²) in [5.74, 6) is 0. The van der Waals surface area contributed by atoms with Crippen molar-refractivity contribution in [2.75, 3.05) is 0 Å². The molecule has 0 heterocycles. The molecule has 0 spiro atoms. The van der Waals surface area contributed by atoms with Gasteiger partial charge in [0.2, 0.25) is 0 Å². The molecular formula is C42H96N4P4Ti. The molecule has 0 atom stereocenters. The second kappa shape index (κ2) is 17.2. The number of rotatable bonds is 2. The van der Waals surface area contributed by atoms with Crippen LogP contribution in [0.3, 0.4) is 0 Å². The van der Waals surface area contributed by atoms with Crippen molar-refractivity contribution < 1.29 is 21.7 Å². The van der Waals surface area contributed by atoms with Crippen LogP contribution in [0, 0.1) is 14.9 Å². The van der Waals surface area contributed by atoms with Gasteiger partial charge in [0.25, 0.3) is 0 Å². The Morgan fingerprint density at radius 1 is 0.255 bits per heavy atom. The van der Waals surface area contributed by atoms with Crippen LogP contribution < -0.4 is 0 Å². The van der Waals surface area contributed by atoms with E-state index in [4.69, 9.17) is 9.03 Å². The molecular weight excluding hydrogens is 732 g/mol. The van der Waals surface area contributed by atoms with Crippen LogP contribution in [-0.2, 0) is 21.7 Å². The van der Waals surface area contributed by atoms with Gasteiger partial charge < -0.3 is 34.2 Å². The van der Waals surface area contributed by atoms with Crippen molar-refractivity contribution in [2.45, 2.75) is 259 Å². The predicted octanol–water partition coefficient (Wildman–Crippen LogP) is 18.6. The molecule has 0 aromatic carbocycles. The van der Waals surface area contributed by atoms with Gasteiger partial charge in [-0.3, -0.25) is 0 Å². The molecule has 0 bridgehead atoms. The van der Waals surface area contributed by atoms with E-state index in [0.717, 1.165) is 0 Å². The smallest absolute Gasteiger partial charge is 0.789 e. The van der Waals surface area contributed by atoms with Crippen molar-refractivity contribution >= 4 is 28.5 Å². The standard InChI is InChI=1S/2C20H45N2P2.2CH3.Ti/c2*1-16(2,3)23(17(4,5)6,18(7,8)9)22-24(21,19(10,11)12)20(13,14)15;;;/h2*1-15H3;2*1H3;/q4*-1;+4. The average Bonchev–Trinajstić information content (AvgIpc) is 2.66. The van der Waals surface area contributed by atoms with E-state index in [1.165, 1.54) is 0 Å². The summed E-state index contributed by atoms with van der Waals surface area (Å²) >= 11 is 0. The monoisotopic (exact) mass is 829 g/mol. The Labute approximate surface area is 341 Å². The zero-order chi connectivity index (χ0) is 40.4. The van der Waals surface area contributed by atoms with Crippen molar-refractivity contribution in [3.05, 3.63) is 25.2 Å². The molecule has 0 saturated carbocycles. The van der Waals surface area contributed by atoms with Crippen molar-refractivity contribution in [1.82, 2.24) is 0 Å². The van der Waals surface area contributed by atoms with E-state index in [1.807, 2.05) is 0 Å². The minimum atomic E-state index is -2.57. The van der Waals surface area contributed by atoms with Crippen LogP contribution in [0.25, 0.3) is 10.3 Å². The first kappa shape index (κ1) is 61.8. The fourth-order valence-corrected chi connectivity index (χ4v) is 39.7. The predicted molar refractivity (Wildman–Crippen MR) is 250 cm³/mol. The Kier molecular flexibility index (Phi) is 20.9. The molecule has 0 unspecified atom stereocenters. The molecule has 0 radical (unpaired) electrons. The number of hydrogen-bond donors (Lipinski definition) is 0. The van der Waals surface area contributed by atoms with Gasteiger partial charge in [0.05, 0.1) is 0 Å². The van der Waals surface area contributed by atoms with E-state index in [-0.39, 0.29) is 88.1 Å². The maximum Gasteiger partial charge on any atom is 4.00 e. The Hall–Kier alpha value is 1.63.